The van der Waals surface area contributed by atoms with Gasteiger partial charge in [0, 0.05) is 16.8 Å². The van der Waals surface area contributed by atoms with Crippen molar-refractivity contribution in [3.8, 4) is 5.75 Å². The summed E-state index contributed by atoms with van der Waals surface area (Å²) in [5.74, 6) is 0.448. The maximum absolute atomic E-state index is 12.0. The topological polar surface area (TPSA) is 55.4 Å². The van der Waals surface area contributed by atoms with Gasteiger partial charge in [0.1, 0.15) is 5.75 Å². The predicted octanol–water partition coefficient (Wildman–Crippen LogP) is 3.33. The van der Waals surface area contributed by atoms with Crippen LogP contribution in [0.3, 0.4) is 0 Å². The Balaban J connectivity index is 2.08. The zero-order valence-electron chi connectivity index (χ0n) is 10.7. The molecule has 0 saturated heterocycles. The Bertz CT molecular complexity index is 621. The molecule has 2 aromatic carbocycles. The average molecular weight is 290 g/mol. The Kier molecular flexibility index (Phi) is 4.38. The van der Waals surface area contributed by atoms with Crippen LogP contribution in [0.2, 0.25) is 0 Å². The van der Waals surface area contributed by atoms with E-state index in [0.29, 0.717) is 22.6 Å². The molecule has 4 nitrogen and oxygen atoms in total. The number of amides is 1. The molecular formula is C15H12ClNO3. The highest BCUT2D eigenvalue weighted by Gasteiger charge is 2.07. The third-order valence-corrected chi connectivity index (χ3v) is 2.94. The molecule has 0 aromatic heterocycles. The second-order valence-corrected chi connectivity index (χ2v) is 4.38. The van der Waals surface area contributed by atoms with Crippen molar-refractivity contribution in [1.82, 2.24) is 0 Å². The standard InChI is InChI=1S/C15H12ClNO3/c1-20-13-8-4-11(5-9-13)15(19)17-12-6-2-10(3-7-12)14(16)18/h2-9H,1H3,(H,17,19). The number of anilines is 1. The summed E-state index contributed by atoms with van der Waals surface area (Å²) in [6.07, 6.45) is 0. The molecule has 1 N–H and O–H groups in total. The van der Waals surface area contributed by atoms with Crippen LogP contribution in [0.1, 0.15) is 20.7 Å². The molecule has 0 heterocycles. The molecule has 5 heteroatoms. The minimum absolute atomic E-state index is 0.238. The quantitative estimate of drug-likeness (QED) is 0.879. The van der Waals surface area contributed by atoms with E-state index in [1.807, 2.05) is 0 Å². The third-order valence-electron chi connectivity index (χ3n) is 2.72. The van der Waals surface area contributed by atoms with Gasteiger partial charge < -0.3 is 10.1 Å². The summed E-state index contributed by atoms with van der Waals surface area (Å²) in [4.78, 5) is 22.9. The molecular weight excluding hydrogens is 278 g/mol. The van der Waals surface area contributed by atoms with Crippen LogP contribution in [0.15, 0.2) is 48.5 Å². The number of methoxy groups -OCH3 is 1. The lowest BCUT2D eigenvalue weighted by Crippen LogP contribution is -2.11. The molecule has 20 heavy (non-hydrogen) atoms. The number of rotatable bonds is 4. The lowest BCUT2D eigenvalue weighted by molar-refractivity contribution is 0.102. The summed E-state index contributed by atoms with van der Waals surface area (Å²) in [7, 11) is 1.56. The Morgan fingerprint density at radius 1 is 0.950 bits per heavy atom. The van der Waals surface area contributed by atoms with Crippen molar-refractivity contribution in [2.45, 2.75) is 0 Å². The van der Waals surface area contributed by atoms with Crippen LogP contribution in [0, 0.1) is 0 Å². The van der Waals surface area contributed by atoms with Crippen LogP contribution < -0.4 is 10.1 Å². The van der Waals surface area contributed by atoms with E-state index in [0.717, 1.165) is 0 Å². The number of nitrogens with one attached hydrogen (secondary N) is 1. The second-order valence-electron chi connectivity index (χ2n) is 4.03. The fourth-order valence-electron chi connectivity index (χ4n) is 1.63. The Labute approximate surface area is 121 Å². The molecule has 0 aliphatic rings. The number of hydrogen-bond donors (Lipinski definition) is 1. The van der Waals surface area contributed by atoms with Crippen LogP contribution in [0.4, 0.5) is 5.69 Å². The first-order valence-corrected chi connectivity index (χ1v) is 6.23. The molecule has 0 fully saturated rings. The second kappa shape index (κ2) is 6.21. The van der Waals surface area contributed by atoms with E-state index < -0.39 is 5.24 Å². The minimum atomic E-state index is -0.530. The molecule has 1 amide bonds. The summed E-state index contributed by atoms with van der Waals surface area (Å²) in [6, 6.07) is 13.1. The molecule has 0 saturated carbocycles. The number of halogens is 1. The van der Waals surface area contributed by atoms with Gasteiger partial charge in [-0.3, -0.25) is 9.59 Å². The van der Waals surface area contributed by atoms with Crippen molar-refractivity contribution in [1.29, 1.82) is 0 Å². The van der Waals surface area contributed by atoms with Crippen molar-refractivity contribution in [3.05, 3.63) is 59.7 Å². The van der Waals surface area contributed by atoms with Gasteiger partial charge in [0.05, 0.1) is 7.11 Å². The van der Waals surface area contributed by atoms with Crippen LogP contribution in [0.25, 0.3) is 0 Å². The van der Waals surface area contributed by atoms with E-state index >= 15 is 0 Å². The van der Waals surface area contributed by atoms with E-state index in [4.69, 9.17) is 16.3 Å². The van der Waals surface area contributed by atoms with Gasteiger partial charge in [-0.25, -0.2) is 0 Å². The first kappa shape index (κ1) is 14.1. The first-order chi connectivity index (χ1) is 9.60. The maximum atomic E-state index is 12.0. The Morgan fingerprint density at radius 2 is 1.50 bits per heavy atom. The lowest BCUT2D eigenvalue weighted by atomic mass is 10.2. The molecule has 0 bridgehead atoms. The number of carbonyl (C=O) groups excluding carboxylic acids is 2. The van der Waals surface area contributed by atoms with Crippen molar-refractivity contribution >= 4 is 28.4 Å². The Hall–Kier alpha value is -2.33. The predicted molar refractivity (Wildman–Crippen MR) is 77.6 cm³/mol. The van der Waals surface area contributed by atoms with E-state index in [9.17, 15) is 9.59 Å². The SMILES string of the molecule is COc1ccc(C(=O)Nc2ccc(C(=O)Cl)cc2)cc1. The molecule has 0 atom stereocenters. The van der Waals surface area contributed by atoms with Gasteiger partial charge in [0.25, 0.3) is 11.1 Å². The molecule has 0 aliphatic carbocycles. The van der Waals surface area contributed by atoms with Crippen LogP contribution in [-0.4, -0.2) is 18.3 Å². The van der Waals surface area contributed by atoms with Gasteiger partial charge in [-0.05, 0) is 60.1 Å². The minimum Gasteiger partial charge on any atom is -0.497 e. The third kappa shape index (κ3) is 3.36. The van der Waals surface area contributed by atoms with Gasteiger partial charge in [-0.2, -0.15) is 0 Å². The monoisotopic (exact) mass is 289 g/mol. The normalized spacial score (nSPS) is 9.90. The van der Waals surface area contributed by atoms with Crippen LogP contribution in [-0.2, 0) is 0 Å². The smallest absolute Gasteiger partial charge is 0.255 e. The summed E-state index contributed by atoms with van der Waals surface area (Å²) >= 11 is 5.35. The van der Waals surface area contributed by atoms with Gasteiger partial charge in [-0.15, -0.1) is 0 Å². The fraction of sp³-hybridized carbons (Fsp3) is 0.0667. The first-order valence-electron chi connectivity index (χ1n) is 5.85. The van der Waals surface area contributed by atoms with Gasteiger partial charge >= 0.3 is 0 Å². The highest BCUT2D eigenvalue weighted by molar-refractivity contribution is 6.67. The average Bonchev–Trinajstić information content (AvgIpc) is 2.48. The van der Waals surface area contributed by atoms with E-state index in [1.165, 1.54) is 0 Å². The van der Waals surface area contributed by atoms with E-state index in [-0.39, 0.29) is 5.91 Å². The summed E-state index contributed by atoms with van der Waals surface area (Å²) in [6.45, 7) is 0. The zero-order valence-corrected chi connectivity index (χ0v) is 11.5. The van der Waals surface area contributed by atoms with Crippen LogP contribution in [0.5, 0.6) is 5.75 Å². The zero-order chi connectivity index (χ0) is 14.5. The van der Waals surface area contributed by atoms with Crippen molar-refractivity contribution in [3.63, 3.8) is 0 Å². The number of ether oxygens (including phenoxy) is 1. The Morgan fingerprint density at radius 3 is 2.00 bits per heavy atom. The summed E-state index contributed by atoms with van der Waals surface area (Å²) in [5, 5.41) is 2.20. The highest BCUT2D eigenvalue weighted by atomic mass is 35.5. The number of hydrogen-bond acceptors (Lipinski definition) is 3. The molecule has 0 spiro atoms. The van der Waals surface area contributed by atoms with Gasteiger partial charge in [0.15, 0.2) is 0 Å². The summed E-state index contributed by atoms with van der Waals surface area (Å²) in [5.41, 5.74) is 1.49. The number of carbonyl (C=O) groups is 2. The largest absolute Gasteiger partial charge is 0.497 e. The lowest BCUT2D eigenvalue weighted by Gasteiger charge is -2.06. The molecule has 2 aromatic rings. The van der Waals surface area contributed by atoms with Crippen LogP contribution >= 0.6 is 11.6 Å². The van der Waals surface area contributed by atoms with Crippen molar-refractivity contribution in [2.75, 3.05) is 12.4 Å². The van der Waals surface area contributed by atoms with Crippen molar-refractivity contribution in [2.24, 2.45) is 0 Å². The highest BCUT2D eigenvalue weighted by Crippen LogP contribution is 2.15. The molecule has 102 valence electrons. The number of benzene rings is 2. The van der Waals surface area contributed by atoms with E-state index in [2.05, 4.69) is 5.32 Å². The molecule has 0 unspecified atom stereocenters. The maximum Gasteiger partial charge on any atom is 0.255 e. The molecule has 0 radical (unpaired) electrons. The molecule has 0 aliphatic heterocycles. The van der Waals surface area contributed by atoms with Gasteiger partial charge in [0.2, 0.25) is 0 Å². The fourth-order valence-corrected chi connectivity index (χ4v) is 1.76. The van der Waals surface area contributed by atoms with Crippen molar-refractivity contribution < 1.29 is 14.3 Å². The van der Waals surface area contributed by atoms with Gasteiger partial charge in [-0.1, -0.05) is 0 Å². The summed E-state index contributed by atoms with van der Waals surface area (Å²) < 4.78 is 5.03. The van der Waals surface area contributed by atoms with E-state index in [1.54, 1.807) is 55.6 Å². The molecule has 2 rings (SSSR count).